The molecule has 2 aromatic heterocycles. The Balaban J connectivity index is 1.49. The predicted octanol–water partition coefficient (Wildman–Crippen LogP) is 3.75. The van der Waals surface area contributed by atoms with Crippen molar-refractivity contribution in [3.8, 4) is 0 Å². The number of amides is 3. The third-order valence-corrected chi connectivity index (χ3v) is 7.54. The van der Waals surface area contributed by atoms with Gasteiger partial charge in [-0.15, -0.1) is 11.3 Å². The molecule has 1 aromatic carbocycles. The highest BCUT2D eigenvalue weighted by molar-refractivity contribution is 7.18. The Morgan fingerprint density at radius 1 is 1.19 bits per heavy atom. The lowest BCUT2D eigenvalue weighted by Crippen LogP contribution is -2.44. The number of halogens is 1. The number of aryl methyl sites for hydroxylation is 2. The molecule has 7 nitrogen and oxygen atoms in total. The lowest BCUT2D eigenvalue weighted by molar-refractivity contribution is -0.132. The Kier molecular flexibility index (Phi) is 5.08. The number of aromatic amines is 1. The number of carbonyl (C=O) groups is 2. The minimum Gasteiger partial charge on any atom is -0.319 e. The van der Waals surface area contributed by atoms with E-state index < -0.39 is 23.3 Å². The van der Waals surface area contributed by atoms with Crippen molar-refractivity contribution in [3.05, 3.63) is 62.3 Å². The van der Waals surface area contributed by atoms with Crippen molar-refractivity contribution in [1.82, 2.24) is 20.2 Å². The summed E-state index contributed by atoms with van der Waals surface area (Å²) in [6.45, 7) is 1.87. The van der Waals surface area contributed by atoms with Crippen LogP contribution in [0.3, 0.4) is 0 Å². The first-order valence-corrected chi connectivity index (χ1v) is 11.7. The van der Waals surface area contributed by atoms with Crippen LogP contribution in [0.2, 0.25) is 0 Å². The smallest absolute Gasteiger partial charge is 0.319 e. The van der Waals surface area contributed by atoms with Crippen LogP contribution in [0, 0.1) is 5.82 Å². The van der Waals surface area contributed by atoms with Crippen LogP contribution in [0.15, 0.2) is 29.1 Å². The fourth-order valence-electron chi connectivity index (χ4n) is 4.73. The number of unbranched alkanes of at least 4 members (excludes halogenated alkanes) is 1. The van der Waals surface area contributed by atoms with E-state index in [1.807, 2.05) is 6.92 Å². The SMILES string of the molecule is CCCCC1(c2ccc(F)cc2)NC(=O)N(Cc2nc3sc4c(c3c(=O)[nH]2)CCC4)C1=O. The summed E-state index contributed by atoms with van der Waals surface area (Å²) in [5.74, 6) is -0.554. The van der Waals surface area contributed by atoms with Crippen LogP contribution in [0.1, 0.15) is 54.4 Å². The van der Waals surface area contributed by atoms with Crippen molar-refractivity contribution in [2.75, 3.05) is 0 Å². The van der Waals surface area contributed by atoms with Crippen molar-refractivity contribution in [1.29, 1.82) is 0 Å². The second-order valence-corrected chi connectivity index (χ2v) is 9.47. The highest BCUT2D eigenvalue weighted by Crippen LogP contribution is 2.36. The number of hydrogen-bond acceptors (Lipinski definition) is 5. The maximum absolute atomic E-state index is 13.5. The van der Waals surface area contributed by atoms with Crippen LogP contribution in [0.4, 0.5) is 9.18 Å². The minimum absolute atomic E-state index is 0.131. The largest absolute Gasteiger partial charge is 0.325 e. The number of nitrogens with one attached hydrogen (secondary N) is 2. The second kappa shape index (κ2) is 7.81. The number of fused-ring (bicyclic) bond motifs is 3. The molecule has 2 N–H and O–H groups in total. The summed E-state index contributed by atoms with van der Waals surface area (Å²) in [6.07, 6.45) is 4.82. The summed E-state index contributed by atoms with van der Waals surface area (Å²) in [4.78, 5) is 49.4. The number of H-pyrrole nitrogens is 1. The van der Waals surface area contributed by atoms with Gasteiger partial charge in [-0.1, -0.05) is 31.9 Å². The Hall–Kier alpha value is -3.07. The fourth-order valence-corrected chi connectivity index (χ4v) is 6.01. The van der Waals surface area contributed by atoms with Crippen LogP contribution in [-0.2, 0) is 29.7 Å². The zero-order valence-electron chi connectivity index (χ0n) is 17.7. The summed E-state index contributed by atoms with van der Waals surface area (Å²) in [7, 11) is 0. The van der Waals surface area contributed by atoms with Gasteiger partial charge in [0.25, 0.3) is 11.5 Å². The number of aromatic nitrogens is 2. The summed E-state index contributed by atoms with van der Waals surface area (Å²) in [5.41, 5.74) is 0.136. The molecule has 3 aromatic rings. The van der Waals surface area contributed by atoms with Crippen molar-refractivity contribution >= 4 is 33.5 Å². The molecule has 1 saturated heterocycles. The molecule has 3 amide bonds. The topological polar surface area (TPSA) is 95.2 Å². The fraction of sp³-hybridized carbons (Fsp3) is 0.391. The van der Waals surface area contributed by atoms with Gasteiger partial charge in [0.05, 0.1) is 11.9 Å². The second-order valence-electron chi connectivity index (χ2n) is 8.39. The van der Waals surface area contributed by atoms with Crippen LogP contribution in [-0.4, -0.2) is 26.8 Å². The molecule has 2 aliphatic rings. The Bertz CT molecular complexity index is 1280. The van der Waals surface area contributed by atoms with Gasteiger partial charge in [-0.05, 0) is 48.9 Å². The molecule has 9 heteroatoms. The average Bonchev–Trinajstić information content (AvgIpc) is 3.41. The normalized spacial score (nSPS) is 20.2. The van der Waals surface area contributed by atoms with Crippen LogP contribution < -0.4 is 10.9 Å². The Morgan fingerprint density at radius 3 is 2.72 bits per heavy atom. The van der Waals surface area contributed by atoms with Gasteiger partial charge in [0.2, 0.25) is 0 Å². The summed E-state index contributed by atoms with van der Waals surface area (Å²) < 4.78 is 13.5. The van der Waals surface area contributed by atoms with E-state index in [0.717, 1.165) is 36.1 Å². The van der Waals surface area contributed by atoms with Gasteiger partial charge in [0.15, 0.2) is 0 Å². The van der Waals surface area contributed by atoms with E-state index in [1.165, 1.54) is 40.5 Å². The van der Waals surface area contributed by atoms with E-state index in [9.17, 15) is 18.8 Å². The molecular formula is C23H23FN4O3S. The highest BCUT2D eigenvalue weighted by atomic mass is 32.1. The summed E-state index contributed by atoms with van der Waals surface area (Å²) in [6, 6.07) is 5.09. The van der Waals surface area contributed by atoms with Gasteiger partial charge in [-0.3, -0.25) is 14.5 Å². The molecule has 1 aliphatic heterocycles. The van der Waals surface area contributed by atoms with E-state index >= 15 is 0 Å². The molecule has 1 unspecified atom stereocenters. The first kappa shape index (κ1) is 20.8. The van der Waals surface area contributed by atoms with Crippen LogP contribution >= 0.6 is 11.3 Å². The van der Waals surface area contributed by atoms with Gasteiger partial charge in [-0.2, -0.15) is 0 Å². The van der Waals surface area contributed by atoms with E-state index in [1.54, 1.807) is 0 Å². The van der Waals surface area contributed by atoms with Crippen molar-refractivity contribution < 1.29 is 14.0 Å². The zero-order valence-corrected chi connectivity index (χ0v) is 18.5. The van der Waals surface area contributed by atoms with E-state index in [2.05, 4.69) is 15.3 Å². The van der Waals surface area contributed by atoms with Crippen molar-refractivity contribution in [2.45, 2.75) is 57.5 Å². The van der Waals surface area contributed by atoms with Gasteiger partial charge in [0.1, 0.15) is 22.0 Å². The van der Waals surface area contributed by atoms with Gasteiger partial charge in [0, 0.05) is 4.88 Å². The number of hydrogen-bond donors (Lipinski definition) is 2. The maximum Gasteiger partial charge on any atom is 0.325 e. The molecule has 3 heterocycles. The number of thiophene rings is 1. The highest BCUT2D eigenvalue weighted by Gasteiger charge is 2.52. The van der Waals surface area contributed by atoms with Crippen LogP contribution in [0.5, 0.6) is 0 Å². The van der Waals surface area contributed by atoms with E-state index in [-0.39, 0.29) is 17.9 Å². The number of rotatable bonds is 6. The lowest BCUT2D eigenvalue weighted by Gasteiger charge is -2.27. The molecule has 0 saturated carbocycles. The Labute approximate surface area is 187 Å². The molecule has 32 heavy (non-hydrogen) atoms. The number of benzene rings is 1. The average molecular weight is 455 g/mol. The standard InChI is InChI=1S/C23H23FN4O3S/c1-2-3-11-23(13-7-9-14(24)10-8-13)21(30)28(22(31)27-23)12-17-25-19(29)18-15-5-4-6-16(15)32-20(18)26-17/h7-10H,2-6,11-12H2,1H3,(H,27,31)(H,25,26,29). The number of urea groups is 1. The van der Waals surface area contributed by atoms with Crippen molar-refractivity contribution in [2.24, 2.45) is 0 Å². The van der Waals surface area contributed by atoms with Crippen molar-refractivity contribution in [3.63, 3.8) is 0 Å². The summed E-state index contributed by atoms with van der Waals surface area (Å²) in [5, 5.41) is 3.47. The van der Waals surface area contributed by atoms with Gasteiger partial charge < -0.3 is 10.3 Å². The predicted molar refractivity (Wildman–Crippen MR) is 119 cm³/mol. The minimum atomic E-state index is -1.25. The Morgan fingerprint density at radius 2 is 1.97 bits per heavy atom. The first-order valence-electron chi connectivity index (χ1n) is 10.9. The number of imide groups is 1. The van der Waals surface area contributed by atoms with Crippen LogP contribution in [0.25, 0.3) is 10.2 Å². The molecule has 1 aliphatic carbocycles. The number of nitrogens with zero attached hydrogens (tertiary/aromatic N) is 2. The van der Waals surface area contributed by atoms with Gasteiger partial charge in [-0.25, -0.2) is 14.2 Å². The maximum atomic E-state index is 13.5. The molecule has 0 bridgehead atoms. The van der Waals surface area contributed by atoms with Gasteiger partial charge >= 0.3 is 6.03 Å². The first-order chi connectivity index (χ1) is 15.4. The summed E-state index contributed by atoms with van der Waals surface area (Å²) >= 11 is 1.51. The molecule has 0 radical (unpaired) electrons. The zero-order chi connectivity index (χ0) is 22.5. The molecular weight excluding hydrogens is 431 g/mol. The lowest BCUT2D eigenvalue weighted by atomic mass is 9.85. The quantitative estimate of drug-likeness (QED) is 0.555. The third-order valence-electron chi connectivity index (χ3n) is 6.35. The molecule has 5 rings (SSSR count). The molecule has 0 spiro atoms. The number of carbonyl (C=O) groups excluding carboxylic acids is 2. The van der Waals surface area contributed by atoms with E-state index in [0.29, 0.717) is 28.6 Å². The molecule has 1 atom stereocenters. The molecule has 166 valence electrons. The van der Waals surface area contributed by atoms with E-state index in [4.69, 9.17) is 0 Å². The monoisotopic (exact) mass is 454 g/mol. The third kappa shape index (κ3) is 3.23. The molecule has 1 fully saturated rings.